The van der Waals surface area contributed by atoms with Gasteiger partial charge in [0.1, 0.15) is 12.2 Å². The molecule has 0 saturated heterocycles. The van der Waals surface area contributed by atoms with Crippen molar-refractivity contribution in [2.24, 2.45) is 13.0 Å². The van der Waals surface area contributed by atoms with E-state index in [0.29, 0.717) is 5.82 Å². The third-order valence-corrected chi connectivity index (χ3v) is 3.39. The average molecular weight is 308 g/mol. The highest BCUT2D eigenvalue weighted by Gasteiger charge is 2.23. The highest BCUT2D eigenvalue weighted by molar-refractivity contribution is 5.79. The number of halogens is 2. The molecule has 0 unspecified atom stereocenters. The normalized spacial score (nSPS) is 12.5. The molecule has 1 heterocycles. The van der Waals surface area contributed by atoms with E-state index in [2.05, 4.69) is 15.4 Å². The molecule has 0 saturated carbocycles. The molecule has 1 amide bonds. The van der Waals surface area contributed by atoms with Crippen LogP contribution in [-0.4, -0.2) is 20.7 Å². The summed E-state index contributed by atoms with van der Waals surface area (Å²) in [4.78, 5) is 16.3. The first kappa shape index (κ1) is 16.1. The number of aryl methyl sites for hydroxylation is 1. The molecule has 0 aliphatic heterocycles. The number of nitrogens with one attached hydrogen (secondary N) is 1. The first-order valence-corrected chi connectivity index (χ1v) is 6.96. The molecule has 0 radical (unpaired) electrons. The zero-order valence-corrected chi connectivity index (χ0v) is 12.7. The van der Waals surface area contributed by atoms with E-state index in [4.69, 9.17) is 0 Å². The fourth-order valence-corrected chi connectivity index (χ4v) is 2.20. The third-order valence-electron chi connectivity index (χ3n) is 3.39. The number of aromatic nitrogens is 3. The Morgan fingerprint density at radius 2 is 2.09 bits per heavy atom. The summed E-state index contributed by atoms with van der Waals surface area (Å²) in [7, 11) is 1.73. The van der Waals surface area contributed by atoms with Crippen LogP contribution in [0.4, 0.5) is 8.78 Å². The first-order valence-electron chi connectivity index (χ1n) is 6.96. The fourth-order valence-electron chi connectivity index (χ4n) is 2.20. The van der Waals surface area contributed by atoms with Crippen LogP contribution in [0.2, 0.25) is 0 Å². The van der Waals surface area contributed by atoms with Gasteiger partial charge in [-0.15, -0.1) is 0 Å². The number of carbonyl (C=O) groups is 1. The van der Waals surface area contributed by atoms with Gasteiger partial charge in [0, 0.05) is 12.6 Å². The first-order chi connectivity index (χ1) is 10.4. The molecule has 0 aliphatic rings. The largest absolute Gasteiger partial charge is 0.346 e. The zero-order valence-electron chi connectivity index (χ0n) is 12.7. The van der Waals surface area contributed by atoms with Crippen LogP contribution in [-0.2, 0) is 18.3 Å². The quantitative estimate of drug-likeness (QED) is 0.920. The molecule has 0 bridgehead atoms. The Bertz CT molecular complexity index is 669. The van der Waals surface area contributed by atoms with Crippen molar-refractivity contribution in [1.29, 1.82) is 0 Å². The topological polar surface area (TPSA) is 59.8 Å². The maximum absolute atomic E-state index is 13.6. The van der Waals surface area contributed by atoms with Crippen LogP contribution in [0.1, 0.15) is 31.3 Å². The highest BCUT2D eigenvalue weighted by atomic mass is 19.2. The van der Waals surface area contributed by atoms with Gasteiger partial charge >= 0.3 is 0 Å². The number of carbonyl (C=O) groups excluding carboxylic acids is 1. The molecule has 22 heavy (non-hydrogen) atoms. The van der Waals surface area contributed by atoms with E-state index in [0.717, 1.165) is 6.07 Å². The summed E-state index contributed by atoms with van der Waals surface area (Å²) >= 11 is 0. The Balaban J connectivity index is 2.12. The van der Waals surface area contributed by atoms with Crippen molar-refractivity contribution in [1.82, 2.24) is 20.1 Å². The second kappa shape index (κ2) is 6.64. The van der Waals surface area contributed by atoms with E-state index in [9.17, 15) is 13.6 Å². The number of hydrogen-bond acceptors (Lipinski definition) is 3. The summed E-state index contributed by atoms with van der Waals surface area (Å²) in [6.45, 7) is 3.87. The Morgan fingerprint density at radius 1 is 1.36 bits per heavy atom. The highest BCUT2D eigenvalue weighted by Crippen LogP contribution is 2.19. The van der Waals surface area contributed by atoms with Crippen LogP contribution in [0, 0.1) is 17.6 Å². The Kier molecular flexibility index (Phi) is 4.85. The molecular formula is C15H18F2N4O. The fraction of sp³-hybridized carbons (Fsp3) is 0.400. The van der Waals surface area contributed by atoms with Gasteiger partial charge in [-0.05, 0) is 12.0 Å². The maximum atomic E-state index is 13.6. The lowest BCUT2D eigenvalue weighted by atomic mass is 10.0. The standard InChI is InChI=1S/C15H18F2N4O/c1-9(2)14(15-18-8-19-21(15)3)20-12(22)7-10-5-4-6-11(16)13(10)17/h4-6,8-9,14H,7H2,1-3H3,(H,20,22)/t14-/m0/s1. The van der Waals surface area contributed by atoms with Gasteiger partial charge in [0.25, 0.3) is 0 Å². The van der Waals surface area contributed by atoms with Gasteiger partial charge < -0.3 is 5.32 Å². The van der Waals surface area contributed by atoms with Gasteiger partial charge in [-0.25, -0.2) is 13.8 Å². The summed E-state index contributed by atoms with van der Waals surface area (Å²) < 4.78 is 28.4. The molecule has 0 fully saturated rings. The minimum atomic E-state index is -0.989. The maximum Gasteiger partial charge on any atom is 0.225 e. The minimum Gasteiger partial charge on any atom is -0.346 e. The van der Waals surface area contributed by atoms with Crippen molar-refractivity contribution in [3.63, 3.8) is 0 Å². The second-order valence-electron chi connectivity index (χ2n) is 5.42. The van der Waals surface area contributed by atoms with E-state index >= 15 is 0 Å². The van der Waals surface area contributed by atoms with Crippen LogP contribution in [0.3, 0.4) is 0 Å². The van der Waals surface area contributed by atoms with Crippen molar-refractivity contribution in [2.45, 2.75) is 26.3 Å². The molecule has 2 rings (SSSR count). The van der Waals surface area contributed by atoms with Crippen LogP contribution < -0.4 is 5.32 Å². The molecule has 5 nitrogen and oxygen atoms in total. The molecule has 0 spiro atoms. The van der Waals surface area contributed by atoms with Gasteiger partial charge in [-0.1, -0.05) is 26.0 Å². The van der Waals surface area contributed by atoms with Crippen LogP contribution in [0.15, 0.2) is 24.5 Å². The molecule has 0 aliphatic carbocycles. The number of amides is 1. The monoisotopic (exact) mass is 308 g/mol. The SMILES string of the molecule is CC(C)[C@H](NC(=O)Cc1cccc(F)c1F)c1ncnn1C. The van der Waals surface area contributed by atoms with E-state index in [1.165, 1.54) is 18.5 Å². The molecule has 1 aromatic heterocycles. The number of rotatable bonds is 5. The molecule has 1 atom stereocenters. The van der Waals surface area contributed by atoms with Gasteiger partial charge in [0.2, 0.25) is 5.91 Å². The Morgan fingerprint density at radius 3 is 2.68 bits per heavy atom. The number of nitrogens with zero attached hydrogens (tertiary/aromatic N) is 3. The van der Waals surface area contributed by atoms with Crippen molar-refractivity contribution < 1.29 is 13.6 Å². The Labute approximate surface area is 127 Å². The molecule has 1 aromatic carbocycles. The van der Waals surface area contributed by atoms with Crippen molar-refractivity contribution in [3.05, 3.63) is 47.5 Å². The lowest BCUT2D eigenvalue weighted by molar-refractivity contribution is -0.121. The van der Waals surface area contributed by atoms with Crippen LogP contribution in [0.25, 0.3) is 0 Å². The van der Waals surface area contributed by atoms with Crippen molar-refractivity contribution in [2.75, 3.05) is 0 Å². The van der Waals surface area contributed by atoms with Crippen LogP contribution >= 0.6 is 0 Å². The smallest absolute Gasteiger partial charge is 0.225 e. The van der Waals surface area contributed by atoms with Gasteiger partial charge in [0.15, 0.2) is 11.6 Å². The molecule has 2 aromatic rings. The number of hydrogen-bond donors (Lipinski definition) is 1. The predicted octanol–water partition coefficient (Wildman–Crippen LogP) is 2.15. The van der Waals surface area contributed by atoms with E-state index in [-0.39, 0.29) is 23.9 Å². The van der Waals surface area contributed by atoms with E-state index in [1.807, 2.05) is 13.8 Å². The average Bonchev–Trinajstić information content (AvgIpc) is 2.87. The molecule has 118 valence electrons. The second-order valence-corrected chi connectivity index (χ2v) is 5.42. The van der Waals surface area contributed by atoms with Crippen molar-refractivity contribution >= 4 is 5.91 Å². The summed E-state index contributed by atoms with van der Waals surface area (Å²) in [5, 5.41) is 6.79. The molecular weight excluding hydrogens is 290 g/mol. The zero-order chi connectivity index (χ0) is 16.3. The summed E-state index contributed by atoms with van der Waals surface area (Å²) in [5.74, 6) is -1.66. The van der Waals surface area contributed by atoms with E-state index in [1.54, 1.807) is 11.7 Å². The lowest BCUT2D eigenvalue weighted by Crippen LogP contribution is -2.34. The van der Waals surface area contributed by atoms with Gasteiger partial charge in [-0.2, -0.15) is 5.10 Å². The van der Waals surface area contributed by atoms with E-state index < -0.39 is 17.5 Å². The third kappa shape index (κ3) is 3.47. The molecule has 7 heteroatoms. The summed E-state index contributed by atoms with van der Waals surface area (Å²) in [6, 6.07) is 3.44. The minimum absolute atomic E-state index is 0.0259. The molecule has 1 N–H and O–H groups in total. The summed E-state index contributed by atoms with van der Waals surface area (Å²) in [6.07, 6.45) is 1.17. The van der Waals surface area contributed by atoms with Gasteiger partial charge in [-0.3, -0.25) is 9.48 Å². The lowest BCUT2D eigenvalue weighted by Gasteiger charge is -2.21. The summed E-state index contributed by atoms with van der Waals surface area (Å²) in [5.41, 5.74) is 0.0259. The Hall–Kier alpha value is -2.31. The predicted molar refractivity (Wildman–Crippen MR) is 76.8 cm³/mol. The van der Waals surface area contributed by atoms with Crippen LogP contribution in [0.5, 0.6) is 0 Å². The van der Waals surface area contributed by atoms with Gasteiger partial charge in [0.05, 0.1) is 12.5 Å². The number of benzene rings is 1. The van der Waals surface area contributed by atoms with Crippen molar-refractivity contribution in [3.8, 4) is 0 Å².